The van der Waals surface area contributed by atoms with Crippen LogP contribution in [-0.2, 0) is 11.3 Å². The second-order valence-electron chi connectivity index (χ2n) is 6.16. The van der Waals surface area contributed by atoms with Crippen molar-refractivity contribution < 1.29 is 14.4 Å². The van der Waals surface area contributed by atoms with Gasteiger partial charge in [-0.3, -0.25) is 19.3 Å². The van der Waals surface area contributed by atoms with Gasteiger partial charge in [0.25, 0.3) is 11.8 Å². The molecule has 1 aliphatic heterocycles. The van der Waals surface area contributed by atoms with Crippen LogP contribution in [0.5, 0.6) is 0 Å². The van der Waals surface area contributed by atoms with Crippen LogP contribution >= 0.6 is 0 Å². The molecule has 0 bridgehead atoms. The van der Waals surface area contributed by atoms with E-state index in [-0.39, 0.29) is 6.54 Å². The van der Waals surface area contributed by atoms with Gasteiger partial charge in [-0.2, -0.15) is 0 Å². The molecule has 0 spiro atoms. The van der Waals surface area contributed by atoms with Gasteiger partial charge in [-0.15, -0.1) is 0 Å². The minimum atomic E-state index is -0.919. The Kier molecular flexibility index (Phi) is 4.66. The standard InChI is InChI=1S/C18H19N5O3/c1-11(23-16(25)13-6-4-5-7-14(13)17(23)26)15(24)20-10-12-8-9-19-18(21-12)22(2)3/h4-9,11H,10H2,1-3H3,(H,20,24). The van der Waals surface area contributed by atoms with Gasteiger partial charge < -0.3 is 10.2 Å². The highest BCUT2D eigenvalue weighted by Crippen LogP contribution is 2.24. The van der Waals surface area contributed by atoms with Crippen molar-refractivity contribution in [2.45, 2.75) is 19.5 Å². The number of imide groups is 1. The maximum Gasteiger partial charge on any atom is 0.262 e. The van der Waals surface area contributed by atoms with Gasteiger partial charge in [-0.1, -0.05) is 12.1 Å². The molecule has 3 amide bonds. The second kappa shape index (κ2) is 6.91. The number of hydrogen-bond acceptors (Lipinski definition) is 6. The van der Waals surface area contributed by atoms with Gasteiger partial charge in [-0.25, -0.2) is 9.97 Å². The normalized spacial score (nSPS) is 14.2. The van der Waals surface area contributed by atoms with E-state index < -0.39 is 23.8 Å². The summed E-state index contributed by atoms with van der Waals surface area (Å²) in [5, 5.41) is 2.72. The van der Waals surface area contributed by atoms with Crippen LogP contribution in [0.2, 0.25) is 0 Å². The van der Waals surface area contributed by atoms with E-state index in [2.05, 4.69) is 15.3 Å². The molecular weight excluding hydrogens is 334 g/mol. The summed E-state index contributed by atoms with van der Waals surface area (Å²) >= 11 is 0. The molecule has 3 rings (SSSR count). The molecule has 2 heterocycles. The number of aromatic nitrogens is 2. The fraction of sp³-hybridized carbons (Fsp3) is 0.278. The summed E-state index contributed by atoms with van der Waals surface area (Å²) in [7, 11) is 3.64. The maximum absolute atomic E-state index is 12.5. The number of amides is 3. The monoisotopic (exact) mass is 353 g/mol. The molecule has 0 saturated carbocycles. The quantitative estimate of drug-likeness (QED) is 0.801. The molecule has 8 nitrogen and oxygen atoms in total. The largest absolute Gasteiger partial charge is 0.349 e. The van der Waals surface area contributed by atoms with Gasteiger partial charge in [-0.05, 0) is 25.1 Å². The van der Waals surface area contributed by atoms with Gasteiger partial charge in [0, 0.05) is 20.3 Å². The summed E-state index contributed by atoms with van der Waals surface area (Å²) in [4.78, 5) is 48.5. The van der Waals surface area contributed by atoms with Crippen molar-refractivity contribution in [3.05, 3.63) is 53.3 Å². The Labute approximate surface area is 150 Å². The average Bonchev–Trinajstić information content (AvgIpc) is 2.90. The molecule has 0 fully saturated rings. The molecule has 1 unspecified atom stereocenters. The number of hydrogen-bond donors (Lipinski definition) is 1. The number of nitrogens with zero attached hydrogens (tertiary/aromatic N) is 4. The van der Waals surface area contributed by atoms with Crippen LogP contribution in [0.15, 0.2) is 36.5 Å². The summed E-state index contributed by atoms with van der Waals surface area (Å²) in [5.74, 6) is -0.801. The SMILES string of the molecule is CC(C(=O)NCc1ccnc(N(C)C)n1)N1C(=O)c2ccccc2C1=O. The molecule has 8 heteroatoms. The van der Waals surface area contributed by atoms with Gasteiger partial charge in [0.2, 0.25) is 11.9 Å². The fourth-order valence-corrected chi connectivity index (χ4v) is 2.70. The third-order valence-corrected chi connectivity index (χ3v) is 4.14. The summed E-state index contributed by atoms with van der Waals surface area (Å²) in [6, 6.07) is 7.33. The van der Waals surface area contributed by atoms with Crippen molar-refractivity contribution >= 4 is 23.7 Å². The molecule has 1 aliphatic rings. The van der Waals surface area contributed by atoms with E-state index in [1.807, 2.05) is 14.1 Å². The highest BCUT2D eigenvalue weighted by molar-refractivity contribution is 6.22. The number of carbonyl (C=O) groups excluding carboxylic acids is 3. The lowest BCUT2D eigenvalue weighted by molar-refractivity contribution is -0.124. The van der Waals surface area contributed by atoms with Crippen LogP contribution in [0.25, 0.3) is 0 Å². The van der Waals surface area contributed by atoms with Gasteiger partial charge >= 0.3 is 0 Å². The minimum absolute atomic E-state index is 0.176. The highest BCUT2D eigenvalue weighted by atomic mass is 16.2. The van der Waals surface area contributed by atoms with E-state index in [0.717, 1.165) is 4.90 Å². The first-order valence-corrected chi connectivity index (χ1v) is 8.14. The average molecular weight is 353 g/mol. The summed E-state index contributed by atoms with van der Waals surface area (Å²) in [5.41, 5.74) is 1.28. The zero-order chi connectivity index (χ0) is 18.8. The molecule has 26 heavy (non-hydrogen) atoms. The van der Waals surface area contributed by atoms with Gasteiger partial charge in [0.05, 0.1) is 23.4 Å². The van der Waals surface area contributed by atoms with Crippen LogP contribution in [0.3, 0.4) is 0 Å². The molecule has 0 aliphatic carbocycles. The van der Waals surface area contributed by atoms with Gasteiger partial charge in [0.15, 0.2) is 0 Å². The third-order valence-electron chi connectivity index (χ3n) is 4.14. The number of benzene rings is 1. The van der Waals surface area contributed by atoms with Crippen LogP contribution in [0, 0.1) is 0 Å². The van der Waals surface area contributed by atoms with Crippen molar-refractivity contribution in [3.8, 4) is 0 Å². The van der Waals surface area contributed by atoms with Crippen molar-refractivity contribution in [2.75, 3.05) is 19.0 Å². The first-order chi connectivity index (χ1) is 12.4. The van der Waals surface area contributed by atoms with E-state index >= 15 is 0 Å². The second-order valence-corrected chi connectivity index (χ2v) is 6.16. The van der Waals surface area contributed by atoms with Crippen LogP contribution < -0.4 is 10.2 Å². The van der Waals surface area contributed by atoms with Crippen LogP contribution in [-0.4, -0.2) is 52.7 Å². The molecule has 1 atom stereocenters. The number of fused-ring (bicyclic) bond motifs is 1. The lowest BCUT2D eigenvalue weighted by Crippen LogP contribution is -2.47. The minimum Gasteiger partial charge on any atom is -0.349 e. The first kappa shape index (κ1) is 17.5. The van der Waals surface area contributed by atoms with Crippen LogP contribution in [0.4, 0.5) is 5.95 Å². The van der Waals surface area contributed by atoms with E-state index in [9.17, 15) is 14.4 Å². The zero-order valence-corrected chi connectivity index (χ0v) is 14.8. The van der Waals surface area contributed by atoms with E-state index in [1.165, 1.54) is 6.92 Å². The Balaban J connectivity index is 1.68. The molecule has 134 valence electrons. The van der Waals surface area contributed by atoms with Crippen LogP contribution in [0.1, 0.15) is 33.3 Å². The smallest absolute Gasteiger partial charge is 0.262 e. The fourth-order valence-electron chi connectivity index (χ4n) is 2.70. The summed E-state index contributed by atoms with van der Waals surface area (Å²) < 4.78 is 0. The Hall–Kier alpha value is -3.29. The predicted molar refractivity (Wildman–Crippen MR) is 94.6 cm³/mol. The lowest BCUT2D eigenvalue weighted by Gasteiger charge is -2.21. The maximum atomic E-state index is 12.5. The summed E-state index contributed by atoms with van der Waals surface area (Å²) in [6.07, 6.45) is 1.61. The number of nitrogens with one attached hydrogen (secondary N) is 1. The van der Waals surface area contributed by atoms with Crippen molar-refractivity contribution in [2.24, 2.45) is 0 Å². The predicted octanol–water partition coefficient (Wildman–Crippen LogP) is 0.843. The molecule has 2 aromatic rings. The van der Waals surface area contributed by atoms with E-state index in [4.69, 9.17) is 0 Å². The van der Waals surface area contributed by atoms with E-state index in [1.54, 1.807) is 41.4 Å². The molecule has 0 radical (unpaired) electrons. The highest BCUT2D eigenvalue weighted by Gasteiger charge is 2.40. The topological polar surface area (TPSA) is 95.5 Å². The van der Waals surface area contributed by atoms with E-state index in [0.29, 0.717) is 22.8 Å². The Morgan fingerprint density at radius 2 is 1.77 bits per heavy atom. The summed E-state index contributed by atoms with van der Waals surface area (Å²) in [6.45, 7) is 1.71. The Morgan fingerprint density at radius 1 is 1.15 bits per heavy atom. The van der Waals surface area contributed by atoms with Crippen molar-refractivity contribution in [3.63, 3.8) is 0 Å². The molecule has 0 saturated heterocycles. The van der Waals surface area contributed by atoms with Gasteiger partial charge in [0.1, 0.15) is 6.04 Å². The third kappa shape index (κ3) is 3.13. The first-order valence-electron chi connectivity index (χ1n) is 8.14. The molecule has 1 aromatic carbocycles. The number of rotatable bonds is 5. The number of anilines is 1. The van der Waals surface area contributed by atoms with Crippen molar-refractivity contribution in [1.29, 1.82) is 0 Å². The zero-order valence-electron chi connectivity index (χ0n) is 14.8. The molecule has 1 N–H and O–H groups in total. The van der Waals surface area contributed by atoms with Crippen molar-refractivity contribution in [1.82, 2.24) is 20.2 Å². The lowest BCUT2D eigenvalue weighted by atomic mass is 10.1. The Morgan fingerprint density at radius 3 is 2.35 bits per heavy atom. The molecular formula is C18H19N5O3. The Bertz CT molecular complexity index is 846. The number of carbonyl (C=O) groups is 3. The molecule has 1 aromatic heterocycles.